The molecule has 1 heterocycles. The molecule has 1 fully saturated rings. The molecule has 25 heavy (non-hydrogen) atoms. The van der Waals surface area contributed by atoms with Crippen molar-refractivity contribution in [2.24, 2.45) is 0 Å². The summed E-state index contributed by atoms with van der Waals surface area (Å²) in [6.45, 7) is 2.85. The molecule has 0 radical (unpaired) electrons. The van der Waals surface area contributed by atoms with Gasteiger partial charge in [-0.1, -0.05) is 56.2 Å². The molecule has 134 valence electrons. The fourth-order valence-electron chi connectivity index (χ4n) is 3.00. The molecule has 1 N–H and O–H groups in total. The molecule has 0 aromatic heterocycles. The third-order valence-corrected chi connectivity index (χ3v) is 4.52. The van der Waals surface area contributed by atoms with Gasteiger partial charge in [0.15, 0.2) is 0 Å². The number of benzene rings is 1. The van der Waals surface area contributed by atoms with Crippen molar-refractivity contribution in [2.45, 2.75) is 51.5 Å². The predicted molar refractivity (Wildman–Crippen MR) is 99.6 cm³/mol. The quantitative estimate of drug-likeness (QED) is 0.540. The van der Waals surface area contributed by atoms with Gasteiger partial charge in [0.25, 0.3) is 0 Å². The van der Waals surface area contributed by atoms with Crippen LogP contribution in [0.3, 0.4) is 0 Å². The minimum atomic E-state index is -0.918. The fraction of sp³-hybridized carbons (Fsp3) is 0.429. The van der Waals surface area contributed by atoms with Crippen LogP contribution in [0, 0.1) is 0 Å². The Labute approximate surface area is 149 Å². The minimum Gasteiger partial charge on any atom is -0.478 e. The van der Waals surface area contributed by atoms with Crippen molar-refractivity contribution < 1.29 is 14.7 Å². The molecular formula is C21H27NO3. The number of aromatic carboxylic acids is 1. The average molecular weight is 341 g/mol. The van der Waals surface area contributed by atoms with Crippen molar-refractivity contribution in [3.05, 3.63) is 59.7 Å². The van der Waals surface area contributed by atoms with Crippen LogP contribution in [0.15, 0.2) is 48.6 Å². The lowest BCUT2D eigenvalue weighted by Crippen LogP contribution is -2.33. The summed E-state index contributed by atoms with van der Waals surface area (Å²) in [5.74, 6) is -0.717. The van der Waals surface area contributed by atoms with Gasteiger partial charge >= 0.3 is 5.97 Å². The molecule has 2 rings (SSSR count). The van der Waals surface area contributed by atoms with Gasteiger partial charge in [0.1, 0.15) is 0 Å². The standard InChI is InChI=1S/C21H27NO3/c1-2-3-4-5-6-7-8-19-13-14-20(23)22(19)16-15-17-9-11-18(12-10-17)21(24)25/h5-12,19H,2-4,13-16H2,1H3,(H,24,25)/t19-/m0/s1. The zero-order valence-electron chi connectivity index (χ0n) is 14.9. The second kappa shape index (κ2) is 9.82. The number of amides is 1. The van der Waals surface area contributed by atoms with Gasteiger partial charge < -0.3 is 10.0 Å². The van der Waals surface area contributed by atoms with Crippen molar-refractivity contribution in [3.8, 4) is 0 Å². The number of nitrogens with zero attached hydrogens (tertiary/aromatic N) is 1. The van der Waals surface area contributed by atoms with Crippen LogP contribution in [0.2, 0.25) is 0 Å². The summed E-state index contributed by atoms with van der Waals surface area (Å²) in [4.78, 5) is 24.9. The third-order valence-electron chi connectivity index (χ3n) is 4.52. The molecule has 1 aliphatic rings. The number of rotatable bonds is 9. The number of carboxylic acids is 1. The predicted octanol–water partition coefficient (Wildman–Crippen LogP) is 4.22. The number of unbranched alkanes of at least 4 members (excludes halogenated alkanes) is 2. The smallest absolute Gasteiger partial charge is 0.335 e. The number of carbonyl (C=O) groups excluding carboxylic acids is 1. The number of allylic oxidation sites excluding steroid dienone is 3. The molecular weight excluding hydrogens is 314 g/mol. The summed E-state index contributed by atoms with van der Waals surface area (Å²) in [7, 11) is 0. The molecule has 0 unspecified atom stereocenters. The third kappa shape index (κ3) is 5.89. The average Bonchev–Trinajstić information content (AvgIpc) is 2.96. The first-order chi connectivity index (χ1) is 12.1. The number of hydrogen-bond donors (Lipinski definition) is 1. The van der Waals surface area contributed by atoms with E-state index in [0.717, 1.165) is 24.8 Å². The summed E-state index contributed by atoms with van der Waals surface area (Å²) in [5, 5.41) is 8.93. The first kappa shape index (κ1) is 19.0. The second-order valence-corrected chi connectivity index (χ2v) is 6.40. The molecule has 0 spiro atoms. The minimum absolute atomic E-state index is 0.168. The van der Waals surface area contributed by atoms with Gasteiger partial charge in [-0.15, -0.1) is 0 Å². The monoisotopic (exact) mass is 341 g/mol. The summed E-state index contributed by atoms with van der Waals surface area (Å²) < 4.78 is 0. The van der Waals surface area contributed by atoms with Crippen molar-refractivity contribution in [1.82, 2.24) is 4.90 Å². The van der Waals surface area contributed by atoms with E-state index < -0.39 is 5.97 Å². The maximum absolute atomic E-state index is 12.1. The fourth-order valence-corrected chi connectivity index (χ4v) is 3.00. The van der Waals surface area contributed by atoms with E-state index >= 15 is 0 Å². The maximum Gasteiger partial charge on any atom is 0.335 e. The van der Waals surface area contributed by atoms with E-state index in [0.29, 0.717) is 13.0 Å². The van der Waals surface area contributed by atoms with E-state index in [-0.39, 0.29) is 17.5 Å². The molecule has 1 aromatic carbocycles. The molecule has 1 saturated heterocycles. The molecule has 1 aromatic rings. The topological polar surface area (TPSA) is 57.6 Å². The van der Waals surface area contributed by atoms with Crippen LogP contribution in [-0.4, -0.2) is 34.5 Å². The maximum atomic E-state index is 12.1. The summed E-state index contributed by atoms with van der Waals surface area (Å²) in [6, 6.07) is 7.04. The molecule has 0 saturated carbocycles. The Hall–Kier alpha value is -2.36. The molecule has 0 bridgehead atoms. The molecule has 1 aliphatic heterocycles. The van der Waals surface area contributed by atoms with Gasteiger partial charge in [-0.25, -0.2) is 4.79 Å². The van der Waals surface area contributed by atoms with Crippen LogP contribution in [0.5, 0.6) is 0 Å². The normalized spacial score (nSPS) is 17.9. The van der Waals surface area contributed by atoms with Gasteiger partial charge in [-0.05, 0) is 37.0 Å². The zero-order chi connectivity index (χ0) is 18.1. The Morgan fingerprint density at radius 3 is 2.72 bits per heavy atom. The van der Waals surface area contributed by atoms with E-state index in [4.69, 9.17) is 5.11 Å². The van der Waals surface area contributed by atoms with E-state index in [9.17, 15) is 9.59 Å². The summed E-state index contributed by atoms with van der Waals surface area (Å²) in [6.07, 6.45) is 14.1. The highest BCUT2D eigenvalue weighted by Gasteiger charge is 2.28. The van der Waals surface area contributed by atoms with Crippen LogP contribution in [0.4, 0.5) is 0 Å². The Balaban J connectivity index is 1.87. The Morgan fingerprint density at radius 1 is 1.28 bits per heavy atom. The number of likely N-dealkylation sites (tertiary alicyclic amines) is 1. The molecule has 1 atom stereocenters. The van der Waals surface area contributed by atoms with Crippen LogP contribution in [0.1, 0.15) is 54.9 Å². The molecule has 4 nitrogen and oxygen atoms in total. The van der Waals surface area contributed by atoms with Gasteiger partial charge in [-0.3, -0.25) is 4.79 Å². The molecule has 0 aliphatic carbocycles. The van der Waals surface area contributed by atoms with Gasteiger partial charge in [0.05, 0.1) is 11.6 Å². The van der Waals surface area contributed by atoms with E-state index in [1.165, 1.54) is 12.8 Å². The van der Waals surface area contributed by atoms with Crippen LogP contribution >= 0.6 is 0 Å². The highest BCUT2D eigenvalue weighted by Crippen LogP contribution is 2.20. The Morgan fingerprint density at radius 2 is 2.04 bits per heavy atom. The summed E-state index contributed by atoms with van der Waals surface area (Å²) >= 11 is 0. The van der Waals surface area contributed by atoms with Gasteiger partial charge in [0, 0.05) is 13.0 Å². The van der Waals surface area contributed by atoms with Gasteiger partial charge in [-0.2, -0.15) is 0 Å². The SMILES string of the molecule is CCCCC=CC=C[C@H]1CCC(=O)N1CCc1ccc(C(=O)O)cc1. The first-order valence-corrected chi connectivity index (χ1v) is 9.07. The van der Waals surface area contributed by atoms with Crippen molar-refractivity contribution in [1.29, 1.82) is 0 Å². The largest absolute Gasteiger partial charge is 0.478 e. The first-order valence-electron chi connectivity index (χ1n) is 9.07. The lowest BCUT2D eigenvalue weighted by molar-refractivity contribution is -0.128. The van der Waals surface area contributed by atoms with Crippen molar-refractivity contribution in [3.63, 3.8) is 0 Å². The summed E-state index contributed by atoms with van der Waals surface area (Å²) in [5.41, 5.74) is 1.34. The van der Waals surface area contributed by atoms with Crippen molar-refractivity contribution in [2.75, 3.05) is 6.54 Å². The highest BCUT2D eigenvalue weighted by atomic mass is 16.4. The number of carbonyl (C=O) groups is 2. The lowest BCUT2D eigenvalue weighted by atomic mass is 10.1. The van der Waals surface area contributed by atoms with E-state index in [1.807, 2.05) is 23.1 Å². The van der Waals surface area contributed by atoms with E-state index in [1.54, 1.807) is 12.1 Å². The van der Waals surface area contributed by atoms with Crippen LogP contribution in [0.25, 0.3) is 0 Å². The number of carboxylic acid groups (broad SMARTS) is 1. The van der Waals surface area contributed by atoms with Crippen LogP contribution < -0.4 is 0 Å². The highest BCUT2D eigenvalue weighted by molar-refractivity contribution is 5.87. The molecule has 1 amide bonds. The van der Waals surface area contributed by atoms with Gasteiger partial charge in [0.2, 0.25) is 5.91 Å². The Kier molecular flexibility index (Phi) is 7.45. The second-order valence-electron chi connectivity index (χ2n) is 6.40. The molecule has 4 heteroatoms. The number of hydrogen-bond acceptors (Lipinski definition) is 2. The zero-order valence-corrected chi connectivity index (χ0v) is 14.9. The lowest BCUT2D eigenvalue weighted by Gasteiger charge is -2.22. The van der Waals surface area contributed by atoms with Crippen molar-refractivity contribution >= 4 is 11.9 Å². The Bertz CT molecular complexity index is 631. The van der Waals surface area contributed by atoms with Crippen LogP contribution in [-0.2, 0) is 11.2 Å². The van der Waals surface area contributed by atoms with E-state index in [2.05, 4.69) is 25.2 Å².